The summed E-state index contributed by atoms with van der Waals surface area (Å²) >= 11 is 1.03. The Hall–Kier alpha value is -3.90. The summed E-state index contributed by atoms with van der Waals surface area (Å²) in [5, 5.41) is 12.1. The molecule has 0 unspecified atom stereocenters. The van der Waals surface area contributed by atoms with E-state index in [9.17, 15) is 28.5 Å². The van der Waals surface area contributed by atoms with Crippen molar-refractivity contribution in [3.63, 3.8) is 0 Å². The normalized spacial score (nSPS) is 10.8. The van der Waals surface area contributed by atoms with E-state index in [2.05, 4.69) is 0 Å². The second kappa shape index (κ2) is 11.7. The maximum absolute atomic E-state index is 14.4. The molecule has 1 aromatic heterocycles. The molecule has 0 atom stereocenters. The van der Waals surface area contributed by atoms with Gasteiger partial charge in [0.15, 0.2) is 0 Å². The van der Waals surface area contributed by atoms with Gasteiger partial charge in [0.2, 0.25) is 0 Å². The van der Waals surface area contributed by atoms with Crippen LogP contribution < -0.4 is 5.06 Å². The van der Waals surface area contributed by atoms with Crippen LogP contribution in [0, 0.1) is 21.7 Å². The Labute approximate surface area is 209 Å². The molecule has 0 bridgehead atoms. The lowest BCUT2D eigenvalue weighted by atomic mass is 10.0. The molecule has 0 radical (unpaired) electrons. The molecule has 9 nitrogen and oxygen atoms in total. The van der Waals surface area contributed by atoms with Gasteiger partial charge in [-0.1, -0.05) is 6.07 Å². The number of ether oxygens (including phenoxy) is 1. The summed E-state index contributed by atoms with van der Waals surface area (Å²) in [5.41, 5.74) is 0.635. The van der Waals surface area contributed by atoms with Crippen molar-refractivity contribution in [1.29, 1.82) is 0 Å². The average molecular weight is 520 g/mol. The smallest absolute Gasteiger partial charge is 0.341 e. The number of nitrogens with zero attached hydrogens (tertiary/aromatic N) is 3. The summed E-state index contributed by atoms with van der Waals surface area (Å²) in [6.07, 6.45) is 0. The molecule has 0 fully saturated rings. The van der Waals surface area contributed by atoms with Crippen LogP contribution in [0.3, 0.4) is 0 Å². The fraction of sp³-hybridized carbons (Fsp3) is 0.250. The number of anilines is 1. The number of rotatable bonds is 11. The molecule has 0 saturated heterocycles. The highest BCUT2D eigenvalue weighted by molar-refractivity contribution is 7.20. The number of nitro benzene ring substituents is 1. The van der Waals surface area contributed by atoms with E-state index >= 15 is 0 Å². The molecule has 2 aromatic carbocycles. The van der Waals surface area contributed by atoms with E-state index in [1.54, 1.807) is 25.9 Å². The van der Waals surface area contributed by atoms with Crippen LogP contribution in [-0.2, 0) is 27.5 Å². The van der Waals surface area contributed by atoms with E-state index in [1.807, 2.05) is 0 Å². The molecular formula is C24H23F2N3O6S. The zero-order valence-electron chi connectivity index (χ0n) is 19.7. The summed E-state index contributed by atoms with van der Waals surface area (Å²) in [7, 11) is 3.56. The number of nitro groups is 1. The third-order valence-corrected chi connectivity index (χ3v) is 6.33. The second-order valence-electron chi connectivity index (χ2n) is 7.79. The summed E-state index contributed by atoms with van der Waals surface area (Å²) in [4.78, 5) is 42.5. The number of hydrogen-bond donors (Lipinski definition) is 0. The van der Waals surface area contributed by atoms with Crippen molar-refractivity contribution in [2.24, 2.45) is 0 Å². The predicted molar refractivity (Wildman–Crippen MR) is 129 cm³/mol. The van der Waals surface area contributed by atoms with E-state index in [1.165, 1.54) is 30.3 Å². The molecular weight excluding hydrogens is 496 g/mol. The van der Waals surface area contributed by atoms with Crippen molar-refractivity contribution in [2.45, 2.75) is 20.0 Å². The fourth-order valence-corrected chi connectivity index (χ4v) is 4.77. The molecule has 3 aromatic rings. The largest absolute Gasteiger partial charge is 0.462 e. The summed E-state index contributed by atoms with van der Waals surface area (Å²) in [6.45, 7) is 1.50. The highest BCUT2D eigenvalue weighted by atomic mass is 32.1. The molecule has 0 aliphatic carbocycles. The van der Waals surface area contributed by atoms with Gasteiger partial charge in [0.1, 0.15) is 22.2 Å². The van der Waals surface area contributed by atoms with E-state index in [0.717, 1.165) is 28.5 Å². The Balaban J connectivity index is 2.24. The number of halogens is 2. The SMILES string of the molecule is CCOC(=O)c1c(N(Cc2c(F)cccc2F)OC=O)sc(-c2ccc([N+](=O)[O-])cc2)c1CN(C)C. The van der Waals surface area contributed by atoms with Gasteiger partial charge in [-0.05, 0) is 50.8 Å². The van der Waals surface area contributed by atoms with Crippen LogP contribution in [0.5, 0.6) is 0 Å². The summed E-state index contributed by atoms with van der Waals surface area (Å²) in [5.74, 6) is -2.43. The highest BCUT2D eigenvalue weighted by Crippen LogP contribution is 2.44. The molecule has 0 spiro atoms. The molecule has 1 heterocycles. The van der Waals surface area contributed by atoms with Crippen molar-refractivity contribution >= 4 is 34.5 Å². The minimum absolute atomic E-state index is 0.0544. The Bertz CT molecular complexity index is 1240. The number of hydrogen-bond acceptors (Lipinski definition) is 9. The van der Waals surface area contributed by atoms with Gasteiger partial charge in [-0.25, -0.2) is 13.6 Å². The fourth-order valence-electron chi connectivity index (χ4n) is 3.51. The lowest BCUT2D eigenvalue weighted by Crippen LogP contribution is -2.25. The first-order valence-electron chi connectivity index (χ1n) is 10.7. The topological polar surface area (TPSA) is 102 Å². The minimum Gasteiger partial charge on any atom is -0.462 e. The van der Waals surface area contributed by atoms with Gasteiger partial charge in [0, 0.05) is 34.7 Å². The number of non-ortho nitro benzene ring substituents is 1. The Morgan fingerprint density at radius 1 is 1.08 bits per heavy atom. The maximum atomic E-state index is 14.4. The highest BCUT2D eigenvalue weighted by Gasteiger charge is 2.31. The van der Waals surface area contributed by atoms with Crippen molar-refractivity contribution in [2.75, 3.05) is 25.8 Å². The first-order chi connectivity index (χ1) is 17.2. The van der Waals surface area contributed by atoms with Crippen LogP contribution in [-0.4, -0.2) is 43.0 Å². The van der Waals surface area contributed by atoms with Crippen molar-refractivity contribution in [3.05, 3.63) is 80.9 Å². The molecule has 0 amide bonds. The Morgan fingerprint density at radius 2 is 1.72 bits per heavy atom. The van der Waals surface area contributed by atoms with Gasteiger partial charge >= 0.3 is 12.4 Å². The van der Waals surface area contributed by atoms with E-state index in [4.69, 9.17) is 9.57 Å². The molecule has 0 aliphatic heterocycles. The molecule has 0 saturated carbocycles. The van der Waals surface area contributed by atoms with Gasteiger partial charge in [0.25, 0.3) is 5.69 Å². The van der Waals surface area contributed by atoms with Crippen LogP contribution in [0.4, 0.5) is 19.5 Å². The third kappa shape index (κ3) is 5.83. The maximum Gasteiger partial charge on any atom is 0.341 e. The van der Waals surface area contributed by atoms with E-state index in [0.29, 0.717) is 16.0 Å². The van der Waals surface area contributed by atoms with E-state index < -0.39 is 29.1 Å². The minimum atomic E-state index is -0.854. The number of esters is 1. The molecule has 36 heavy (non-hydrogen) atoms. The van der Waals surface area contributed by atoms with Crippen LogP contribution in [0.1, 0.15) is 28.4 Å². The van der Waals surface area contributed by atoms with Gasteiger partial charge < -0.3 is 14.5 Å². The zero-order chi connectivity index (χ0) is 26.4. The predicted octanol–water partition coefficient (Wildman–Crippen LogP) is 4.93. The van der Waals surface area contributed by atoms with Gasteiger partial charge in [-0.15, -0.1) is 11.3 Å². The zero-order valence-corrected chi connectivity index (χ0v) is 20.5. The number of benzene rings is 2. The van der Waals surface area contributed by atoms with E-state index in [-0.39, 0.29) is 41.4 Å². The van der Waals surface area contributed by atoms with Crippen LogP contribution in [0.2, 0.25) is 0 Å². The summed E-state index contributed by atoms with van der Waals surface area (Å²) < 4.78 is 34.1. The standard InChI is InChI=1S/C24H23F2N3O6S/c1-4-34-24(31)21-18(12-27(2)3)22(15-8-10-16(11-9-15)29(32)33)36-23(21)28(35-14-30)13-17-19(25)6-5-7-20(17)26/h5-11,14H,4,12-13H2,1-3H3. The van der Waals surface area contributed by atoms with Gasteiger partial charge in [-0.3, -0.25) is 14.9 Å². The number of carbonyl (C=O) groups excluding carboxylic acids is 2. The average Bonchev–Trinajstić information content (AvgIpc) is 3.19. The molecule has 12 heteroatoms. The number of carbonyl (C=O) groups is 2. The third-order valence-electron chi connectivity index (χ3n) is 5.04. The van der Waals surface area contributed by atoms with Gasteiger partial charge in [-0.2, -0.15) is 5.06 Å². The Kier molecular flexibility index (Phi) is 8.67. The molecule has 0 N–H and O–H groups in total. The first-order valence-corrected chi connectivity index (χ1v) is 11.5. The summed E-state index contributed by atoms with van der Waals surface area (Å²) in [6, 6.07) is 9.05. The number of thiophene rings is 1. The van der Waals surface area contributed by atoms with Crippen molar-refractivity contribution < 1.29 is 32.9 Å². The molecule has 3 rings (SSSR count). The van der Waals surface area contributed by atoms with Crippen LogP contribution >= 0.6 is 11.3 Å². The lowest BCUT2D eigenvalue weighted by molar-refractivity contribution is -0.384. The monoisotopic (exact) mass is 519 g/mol. The lowest BCUT2D eigenvalue weighted by Gasteiger charge is -2.21. The van der Waals surface area contributed by atoms with Crippen molar-refractivity contribution in [1.82, 2.24) is 4.90 Å². The second-order valence-corrected chi connectivity index (χ2v) is 8.79. The van der Waals surface area contributed by atoms with Crippen LogP contribution in [0.25, 0.3) is 10.4 Å². The van der Waals surface area contributed by atoms with Crippen molar-refractivity contribution in [3.8, 4) is 10.4 Å². The van der Waals surface area contributed by atoms with Gasteiger partial charge in [0.05, 0.1) is 18.1 Å². The molecule has 0 aliphatic rings. The first kappa shape index (κ1) is 26.7. The van der Waals surface area contributed by atoms with Crippen LogP contribution in [0.15, 0.2) is 42.5 Å². The quantitative estimate of drug-likeness (QED) is 0.152. The Morgan fingerprint density at radius 3 is 2.25 bits per heavy atom. The number of hydroxylamine groups is 1. The molecule has 190 valence electrons.